The fourth-order valence-electron chi connectivity index (χ4n) is 3.38. The highest BCUT2D eigenvalue weighted by molar-refractivity contribution is 7.19. The molecule has 31 heavy (non-hydrogen) atoms. The molecule has 158 valence electrons. The fourth-order valence-corrected chi connectivity index (χ4v) is 4.23. The van der Waals surface area contributed by atoms with Crippen LogP contribution < -0.4 is 0 Å². The van der Waals surface area contributed by atoms with Crippen molar-refractivity contribution in [3.63, 3.8) is 0 Å². The van der Waals surface area contributed by atoms with E-state index in [2.05, 4.69) is 10.1 Å². The first-order valence-corrected chi connectivity index (χ1v) is 9.89. The van der Waals surface area contributed by atoms with Crippen molar-refractivity contribution in [3.05, 3.63) is 59.0 Å². The number of nitrogens with zero attached hydrogens (tertiary/aromatic N) is 4. The number of thiophene rings is 1. The molecule has 0 bridgehead atoms. The highest BCUT2D eigenvalue weighted by Gasteiger charge is 2.38. The van der Waals surface area contributed by atoms with Crippen LogP contribution in [0.1, 0.15) is 29.5 Å². The molecule has 0 unspecified atom stereocenters. The first kappa shape index (κ1) is 20.9. The van der Waals surface area contributed by atoms with Gasteiger partial charge in [0.1, 0.15) is 10.9 Å². The van der Waals surface area contributed by atoms with E-state index >= 15 is 0 Å². The van der Waals surface area contributed by atoms with E-state index in [4.69, 9.17) is 0 Å². The Labute approximate surface area is 177 Å². The second-order valence-electron chi connectivity index (χ2n) is 6.67. The number of benzene rings is 1. The Kier molecular flexibility index (Phi) is 5.23. The van der Waals surface area contributed by atoms with Crippen LogP contribution in [0.5, 0.6) is 0 Å². The molecule has 0 saturated heterocycles. The van der Waals surface area contributed by atoms with E-state index in [1.165, 1.54) is 35.9 Å². The van der Waals surface area contributed by atoms with Gasteiger partial charge in [0.25, 0.3) is 6.43 Å². The third-order valence-electron chi connectivity index (χ3n) is 4.79. The third kappa shape index (κ3) is 3.77. The Bertz CT molecular complexity index is 1310. The van der Waals surface area contributed by atoms with Gasteiger partial charge in [0, 0.05) is 47.2 Å². The quantitative estimate of drug-likeness (QED) is 0.328. The first-order valence-electron chi connectivity index (χ1n) is 9.08. The van der Waals surface area contributed by atoms with Gasteiger partial charge in [-0.1, -0.05) is 12.1 Å². The summed E-state index contributed by atoms with van der Waals surface area (Å²) in [6.07, 6.45) is -3.42. The van der Waals surface area contributed by atoms with Crippen molar-refractivity contribution in [3.8, 4) is 28.3 Å². The van der Waals surface area contributed by atoms with Gasteiger partial charge in [-0.15, -0.1) is 11.3 Å². The van der Waals surface area contributed by atoms with Gasteiger partial charge in [0.2, 0.25) is 0 Å². The number of hydrogen-bond donors (Lipinski definition) is 0. The Morgan fingerprint density at radius 3 is 2.52 bits per heavy atom. The predicted octanol–water partition coefficient (Wildman–Crippen LogP) is 6.67. The summed E-state index contributed by atoms with van der Waals surface area (Å²) < 4.78 is 69.7. The van der Waals surface area contributed by atoms with Crippen LogP contribution in [-0.4, -0.2) is 14.8 Å². The minimum atomic E-state index is -4.77. The van der Waals surface area contributed by atoms with Crippen LogP contribution >= 0.6 is 11.3 Å². The van der Waals surface area contributed by atoms with E-state index in [9.17, 15) is 27.2 Å². The topological polar surface area (TPSA) is 54.5 Å². The predicted molar refractivity (Wildman–Crippen MR) is 107 cm³/mol. The molecule has 0 saturated carbocycles. The van der Waals surface area contributed by atoms with E-state index in [1.54, 1.807) is 19.2 Å². The molecule has 0 amide bonds. The number of rotatable bonds is 4. The molecule has 1 aromatic carbocycles. The lowest BCUT2D eigenvalue weighted by Gasteiger charge is -2.14. The van der Waals surface area contributed by atoms with Gasteiger partial charge < -0.3 is 0 Å². The largest absolute Gasteiger partial charge is 0.435 e. The molecule has 0 fully saturated rings. The Hall–Kier alpha value is -3.32. The number of halogens is 5. The number of aromatic nitrogens is 3. The molecule has 0 aliphatic rings. The maximum Gasteiger partial charge on any atom is 0.435 e. The van der Waals surface area contributed by atoms with Crippen molar-refractivity contribution >= 4 is 21.4 Å². The monoisotopic (exact) mass is 448 g/mol. The fraction of sp³-hybridized carbons (Fsp3) is 0.190. The Morgan fingerprint density at radius 2 is 1.87 bits per heavy atom. The highest BCUT2D eigenvalue weighted by Crippen LogP contribution is 2.43. The lowest BCUT2D eigenvalue weighted by atomic mass is 9.92. The van der Waals surface area contributed by atoms with Crippen LogP contribution in [0.4, 0.5) is 22.0 Å². The van der Waals surface area contributed by atoms with Gasteiger partial charge in [-0.05, 0) is 30.2 Å². The van der Waals surface area contributed by atoms with Gasteiger partial charge >= 0.3 is 6.18 Å². The molecule has 0 spiro atoms. The number of aryl methyl sites for hydroxylation is 1. The van der Waals surface area contributed by atoms with E-state index in [-0.39, 0.29) is 17.7 Å². The number of fused-ring (bicyclic) bond motifs is 1. The molecule has 0 radical (unpaired) electrons. The van der Waals surface area contributed by atoms with Crippen molar-refractivity contribution < 1.29 is 22.0 Å². The van der Waals surface area contributed by atoms with E-state index in [0.717, 1.165) is 10.7 Å². The van der Waals surface area contributed by atoms with Gasteiger partial charge in [0.15, 0.2) is 5.69 Å². The summed E-state index contributed by atoms with van der Waals surface area (Å²) in [5, 5.41) is 13.4. The second kappa shape index (κ2) is 7.74. The standard InChI is InChI=1S/C21H13F5N4S/c1-2-30-10-17(19(29-30)21(24,25)26)14-5-11(20(22)23)3-4-13(14)16-8-28-9-18-15(16)6-12(7-27)31-18/h3-6,8-10,20H,2H2,1H3. The molecule has 4 nitrogen and oxygen atoms in total. The van der Waals surface area contributed by atoms with E-state index < -0.39 is 23.9 Å². The average Bonchev–Trinajstić information content (AvgIpc) is 3.37. The molecule has 4 rings (SSSR count). The van der Waals surface area contributed by atoms with Gasteiger partial charge in [0.05, 0.1) is 4.70 Å². The first-order chi connectivity index (χ1) is 14.7. The van der Waals surface area contributed by atoms with Gasteiger partial charge in [-0.3, -0.25) is 9.67 Å². The maximum absolute atomic E-state index is 13.7. The van der Waals surface area contributed by atoms with Crippen molar-refractivity contribution in [2.75, 3.05) is 0 Å². The minimum Gasteiger partial charge on any atom is -0.272 e. The Morgan fingerprint density at radius 1 is 1.10 bits per heavy atom. The molecule has 3 aromatic heterocycles. The SMILES string of the molecule is CCn1cc(-c2cc(C(F)F)ccc2-c2cncc3sc(C#N)cc23)c(C(F)(F)F)n1. The maximum atomic E-state index is 13.7. The lowest BCUT2D eigenvalue weighted by molar-refractivity contribution is -0.141. The molecule has 10 heteroatoms. The summed E-state index contributed by atoms with van der Waals surface area (Å²) in [4.78, 5) is 4.54. The lowest BCUT2D eigenvalue weighted by Crippen LogP contribution is -2.09. The second-order valence-corrected chi connectivity index (χ2v) is 7.76. The zero-order valence-corrected chi connectivity index (χ0v) is 16.7. The minimum absolute atomic E-state index is 0.0242. The molecule has 0 atom stereocenters. The molecule has 0 N–H and O–H groups in total. The van der Waals surface area contributed by atoms with Crippen molar-refractivity contribution in [2.24, 2.45) is 0 Å². The average molecular weight is 448 g/mol. The zero-order chi connectivity index (χ0) is 22.3. The molecule has 3 heterocycles. The molecular formula is C21H13F5N4S. The van der Waals surface area contributed by atoms with Crippen molar-refractivity contribution in [2.45, 2.75) is 26.1 Å². The van der Waals surface area contributed by atoms with Crippen LogP contribution in [0, 0.1) is 11.3 Å². The summed E-state index contributed by atoms with van der Waals surface area (Å²) >= 11 is 1.19. The number of nitriles is 1. The zero-order valence-electron chi connectivity index (χ0n) is 15.9. The summed E-state index contributed by atoms with van der Waals surface area (Å²) in [6, 6.07) is 7.25. The van der Waals surface area contributed by atoms with Crippen molar-refractivity contribution in [1.29, 1.82) is 5.26 Å². The number of alkyl halides is 5. The summed E-state index contributed by atoms with van der Waals surface area (Å²) in [6.45, 7) is 1.81. The van der Waals surface area contributed by atoms with Crippen LogP contribution in [0.2, 0.25) is 0 Å². The van der Waals surface area contributed by atoms with Crippen LogP contribution in [0.3, 0.4) is 0 Å². The van der Waals surface area contributed by atoms with Crippen molar-refractivity contribution in [1.82, 2.24) is 14.8 Å². The molecular weight excluding hydrogens is 435 g/mol. The van der Waals surface area contributed by atoms with Crippen LogP contribution in [0.15, 0.2) is 42.9 Å². The molecule has 0 aliphatic carbocycles. The highest BCUT2D eigenvalue weighted by atomic mass is 32.1. The summed E-state index contributed by atoms with van der Waals surface area (Å²) in [5.74, 6) is 0. The summed E-state index contributed by atoms with van der Waals surface area (Å²) in [7, 11) is 0. The smallest absolute Gasteiger partial charge is 0.272 e. The number of pyridine rings is 1. The van der Waals surface area contributed by atoms with Gasteiger partial charge in [-0.25, -0.2) is 8.78 Å². The third-order valence-corrected chi connectivity index (χ3v) is 5.76. The summed E-state index contributed by atoms with van der Waals surface area (Å²) in [5.41, 5.74) is -1.12. The van der Waals surface area contributed by atoms with Crippen LogP contribution in [-0.2, 0) is 12.7 Å². The van der Waals surface area contributed by atoms with Crippen LogP contribution in [0.25, 0.3) is 32.3 Å². The number of hydrogen-bond acceptors (Lipinski definition) is 4. The molecule has 0 aliphatic heterocycles. The molecule has 4 aromatic rings. The van der Waals surface area contributed by atoms with E-state index in [0.29, 0.717) is 26.1 Å². The van der Waals surface area contributed by atoms with E-state index in [1.807, 2.05) is 6.07 Å². The normalized spacial score (nSPS) is 11.9. The van der Waals surface area contributed by atoms with Gasteiger partial charge in [-0.2, -0.15) is 23.5 Å². The Balaban J connectivity index is 2.05.